The van der Waals surface area contributed by atoms with Crippen molar-refractivity contribution in [2.24, 2.45) is 11.3 Å². The first-order chi connectivity index (χ1) is 7.27. The highest BCUT2D eigenvalue weighted by Gasteiger charge is 2.46. The number of hydrogen-bond acceptors (Lipinski definition) is 3. The quantitative estimate of drug-likeness (QED) is 0.672. The topological polar surface area (TPSA) is 35.5 Å². The van der Waals surface area contributed by atoms with Crippen LogP contribution >= 0.6 is 0 Å². The van der Waals surface area contributed by atoms with Gasteiger partial charge in [-0.05, 0) is 38.0 Å². The van der Waals surface area contributed by atoms with E-state index in [9.17, 15) is 4.79 Å². The fraction of sp³-hybridized carbons (Fsp3) is 0.917. The maximum atomic E-state index is 11.7. The van der Waals surface area contributed by atoms with Crippen LogP contribution in [0, 0.1) is 11.3 Å². The summed E-state index contributed by atoms with van der Waals surface area (Å²) in [6.45, 7) is 1.73. The molecular weight excluding hydrogens is 192 g/mol. The van der Waals surface area contributed by atoms with Crippen LogP contribution in [0.15, 0.2) is 0 Å². The van der Waals surface area contributed by atoms with Gasteiger partial charge in [0, 0.05) is 13.2 Å². The molecule has 0 aromatic rings. The number of ether oxygens (including phenoxy) is 2. The van der Waals surface area contributed by atoms with Crippen LogP contribution in [-0.4, -0.2) is 26.3 Å². The summed E-state index contributed by atoms with van der Waals surface area (Å²) in [4.78, 5) is 11.7. The van der Waals surface area contributed by atoms with E-state index >= 15 is 0 Å². The highest BCUT2D eigenvalue weighted by molar-refractivity contribution is 5.77. The monoisotopic (exact) mass is 212 g/mol. The highest BCUT2D eigenvalue weighted by atomic mass is 16.5. The van der Waals surface area contributed by atoms with Crippen molar-refractivity contribution < 1.29 is 14.3 Å². The molecule has 2 fully saturated rings. The van der Waals surface area contributed by atoms with Crippen LogP contribution in [0.1, 0.15) is 38.5 Å². The third kappa shape index (κ3) is 2.17. The lowest BCUT2D eigenvalue weighted by molar-refractivity contribution is -0.160. The summed E-state index contributed by atoms with van der Waals surface area (Å²) in [5, 5.41) is 0. The second-order valence-corrected chi connectivity index (χ2v) is 4.89. The Balaban J connectivity index is 1.92. The van der Waals surface area contributed by atoms with Crippen molar-refractivity contribution in [2.45, 2.75) is 38.5 Å². The van der Waals surface area contributed by atoms with E-state index < -0.39 is 0 Å². The smallest absolute Gasteiger partial charge is 0.311 e. The van der Waals surface area contributed by atoms with Crippen molar-refractivity contribution in [2.75, 3.05) is 20.3 Å². The Morgan fingerprint density at radius 1 is 1.40 bits per heavy atom. The van der Waals surface area contributed by atoms with Crippen LogP contribution in [-0.2, 0) is 14.3 Å². The van der Waals surface area contributed by atoms with Gasteiger partial charge in [0.15, 0.2) is 0 Å². The van der Waals surface area contributed by atoms with Crippen molar-refractivity contribution in [3.63, 3.8) is 0 Å². The zero-order chi connectivity index (χ0) is 10.7. The van der Waals surface area contributed by atoms with E-state index in [1.807, 2.05) is 0 Å². The van der Waals surface area contributed by atoms with Gasteiger partial charge in [-0.3, -0.25) is 4.79 Å². The molecule has 0 aromatic carbocycles. The van der Waals surface area contributed by atoms with E-state index in [0.717, 1.165) is 45.3 Å². The Morgan fingerprint density at radius 3 is 2.53 bits per heavy atom. The Bertz CT molecular complexity index is 227. The molecule has 0 bridgehead atoms. The van der Waals surface area contributed by atoms with Crippen molar-refractivity contribution in [3.8, 4) is 0 Å². The largest absolute Gasteiger partial charge is 0.469 e. The molecule has 0 radical (unpaired) electrons. The van der Waals surface area contributed by atoms with E-state index in [1.54, 1.807) is 0 Å². The van der Waals surface area contributed by atoms with E-state index in [1.165, 1.54) is 13.5 Å². The standard InChI is InChI=1S/C12H20O3/c1-14-11(13)12(5-2-6-12)9-10-3-7-15-8-4-10/h10H,2-9H2,1H3. The number of carbonyl (C=O) groups is 1. The average molecular weight is 212 g/mol. The number of methoxy groups -OCH3 is 1. The Kier molecular flexibility index (Phi) is 3.29. The van der Waals surface area contributed by atoms with Crippen LogP contribution in [0.4, 0.5) is 0 Å². The molecule has 3 nitrogen and oxygen atoms in total. The van der Waals surface area contributed by atoms with Gasteiger partial charge >= 0.3 is 5.97 Å². The molecule has 0 aromatic heterocycles. The molecule has 1 heterocycles. The van der Waals surface area contributed by atoms with Crippen LogP contribution in [0.3, 0.4) is 0 Å². The van der Waals surface area contributed by atoms with Crippen molar-refractivity contribution in [3.05, 3.63) is 0 Å². The van der Waals surface area contributed by atoms with Crippen molar-refractivity contribution >= 4 is 5.97 Å². The Hall–Kier alpha value is -0.570. The van der Waals surface area contributed by atoms with Gasteiger partial charge in [0.2, 0.25) is 0 Å². The molecule has 3 heteroatoms. The van der Waals surface area contributed by atoms with Gasteiger partial charge in [-0.25, -0.2) is 0 Å². The lowest BCUT2D eigenvalue weighted by Crippen LogP contribution is -2.41. The normalized spacial score (nSPS) is 25.7. The lowest BCUT2D eigenvalue weighted by atomic mass is 9.63. The molecule has 2 rings (SSSR count). The van der Waals surface area contributed by atoms with Crippen LogP contribution in [0.25, 0.3) is 0 Å². The summed E-state index contributed by atoms with van der Waals surface area (Å²) in [6, 6.07) is 0. The van der Waals surface area contributed by atoms with Gasteiger partial charge in [0.05, 0.1) is 12.5 Å². The second kappa shape index (κ2) is 4.52. The fourth-order valence-electron chi connectivity index (χ4n) is 2.81. The molecule has 15 heavy (non-hydrogen) atoms. The number of rotatable bonds is 3. The van der Waals surface area contributed by atoms with Gasteiger partial charge in [0.1, 0.15) is 0 Å². The predicted molar refractivity (Wildman–Crippen MR) is 56.5 cm³/mol. The number of esters is 1. The second-order valence-electron chi connectivity index (χ2n) is 4.89. The summed E-state index contributed by atoms with van der Waals surface area (Å²) in [5.74, 6) is 0.679. The molecule has 1 aliphatic carbocycles. The molecule has 2 aliphatic rings. The first kappa shape index (κ1) is 10.9. The van der Waals surface area contributed by atoms with Crippen LogP contribution < -0.4 is 0 Å². The van der Waals surface area contributed by atoms with Gasteiger partial charge in [0.25, 0.3) is 0 Å². The van der Waals surface area contributed by atoms with Crippen molar-refractivity contribution in [1.29, 1.82) is 0 Å². The summed E-state index contributed by atoms with van der Waals surface area (Å²) in [5.41, 5.74) is -0.128. The fourth-order valence-corrected chi connectivity index (χ4v) is 2.81. The summed E-state index contributed by atoms with van der Waals surface area (Å²) < 4.78 is 10.3. The first-order valence-corrected chi connectivity index (χ1v) is 5.93. The average Bonchev–Trinajstić information content (AvgIpc) is 2.24. The summed E-state index contributed by atoms with van der Waals surface area (Å²) >= 11 is 0. The maximum absolute atomic E-state index is 11.7. The maximum Gasteiger partial charge on any atom is 0.311 e. The van der Waals surface area contributed by atoms with Crippen LogP contribution in [0.2, 0.25) is 0 Å². The molecule has 1 aliphatic heterocycles. The van der Waals surface area contributed by atoms with Gasteiger partial charge in [-0.15, -0.1) is 0 Å². The molecule has 0 N–H and O–H groups in total. The van der Waals surface area contributed by atoms with Crippen molar-refractivity contribution in [1.82, 2.24) is 0 Å². The Morgan fingerprint density at radius 2 is 2.07 bits per heavy atom. The predicted octanol–water partition coefficient (Wildman–Crippen LogP) is 2.15. The third-order valence-corrected chi connectivity index (χ3v) is 3.95. The number of hydrogen-bond donors (Lipinski definition) is 0. The summed E-state index contributed by atoms with van der Waals surface area (Å²) in [6.07, 6.45) is 6.47. The highest BCUT2D eigenvalue weighted by Crippen LogP contribution is 2.48. The van der Waals surface area contributed by atoms with E-state index in [-0.39, 0.29) is 11.4 Å². The number of carbonyl (C=O) groups excluding carboxylic acids is 1. The molecule has 1 saturated heterocycles. The minimum absolute atomic E-state index is 0.0141. The zero-order valence-corrected chi connectivity index (χ0v) is 9.46. The molecule has 0 unspecified atom stereocenters. The van der Waals surface area contributed by atoms with Gasteiger partial charge in [-0.1, -0.05) is 6.42 Å². The van der Waals surface area contributed by atoms with Crippen LogP contribution in [0.5, 0.6) is 0 Å². The molecule has 0 amide bonds. The zero-order valence-electron chi connectivity index (χ0n) is 9.46. The van der Waals surface area contributed by atoms with E-state index in [2.05, 4.69) is 0 Å². The summed E-state index contributed by atoms with van der Waals surface area (Å²) in [7, 11) is 1.51. The minimum Gasteiger partial charge on any atom is -0.469 e. The van der Waals surface area contributed by atoms with Gasteiger partial charge in [-0.2, -0.15) is 0 Å². The Labute approximate surface area is 91.1 Å². The lowest BCUT2D eigenvalue weighted by Gasteiger charge is -2.42. The van der Waals surface area contributed by atoms with Gasteiger partial charge < -0.3 is 9.47 Å². The SMILES string of the molecule is COC(=O)C1(CC2CCOCC2)CCC1. The molecular formula is C12H20O3. The third-order valence-electron chi connectivity index (χ3n) is 3.95. The minimum atomic E-state index is -0.128. The molecule has 0 spiro atoms. The van der Waals surface area contributed by atoms with E-state index in [4.69, 9.17) is 9.47 Å². The molecule has 0 atom stereocenters. The molecule has 86 valence electrons. The van der Waals surface area contributed by atoms with E-state index in [0.29, 0.717) is 5.92 Å². The first-order valence-electron chi connectivity index (χ1n) is 5.93. The molecule has 1 saturated carbocycles.